The van der Waals surface area contributed by atoms with Crippen LogP contribution in [0.1, 0.15) is 93.4 Å². The predicted molar refractivity (Wildman–Crippen MR) is 170 cm³/mol. The number of fused-ring (bicyclic) bond motifs is 1. The summed E-state index contributed by atoms with van der Waals surface area (Å²) in [6.07, 6.45) is 2.24. The smallest absolute Gasteiger partial charge is 0.419 e. The average Bonchev–Trinajstić information content (AvgIpc) is 3.39. The number of benzene rings is 2. The van der Waals surface area contributed by atoms with Crippen molar-refractivity contribution in [1.82, 2.24) is 9.47 Å². The highest BCUT2D eigenvalue weighted by Crippen LogP contribution is 2.61. The van der Waals surface area contributed by atoms with E-state index >= 15 is 0 Å². The largest absolute Gasteiger partial charge is 0.496 e. The Bertz CT molecular complexity index is 1600. The van der Waals surface area contributed by atoms with Crippen LogP contribution < -0.4 is 10.1 Å². The number of hydrogen-bond acceptors (Lipinski definition) is 7. The van der Waals surface area contributed by atoms with Gasteiger partial charge >= 0.3 is 12.1 Å². The second-order valence-electron chi connectivity index (χ2n) is 14.0. The summed E-state index contributed by atoms with van der Waals surface area (Å²) in [6.45, 7) is 12.5. The number of likely N-dealkylation sites (tertiary alicyclic amines) is 1. The summed E-state index contributed by atoms with van der Waals surface area (Å²) in [4.78, 5) is 27.9. The summed E-state index contributed by atoms with van der Waals surface area (Å²) < 4.78 is 46.7. The van der Waals surface area contributed by atoms with Gasteiger partial charge in [0.15, 0.2) is 0 Å². The molecule has 1 N–H and O–H groups in total. The van der Waals surface area contributed by atoms with Crippen molar-refractivity contribution in [3.8, 4) is 5.75 Å². The summed E-state index contributed by atoms with van der Waals surface area (Å²) in [6, 6.07) is 9.16. The Morgan fingerprint density at radius 2 is 1.82 bits per heavy atom. The number of hydrogen-bond donors (Lipinski definition) is 1. The van der Waals surface area contributed by atoms with Crippen LogP contribution in [0.25, 0.3) is 10.9 Å². The van der Waals surface area contributed by atoms with E-state index in [1.807, 2.05) is 59.7 Å². The summed E-state index contributed by atoms with van der Waals surface area (Å²) in [5.74, 6) is -2.39. The van der Waals surface area contributed by atoms with Gasteiger partial charge in [-0.05, 0) is 102 Å². The Kier molecular flexibility index (Phi) is 8.68. The zero-order chi connectivity index (χ0) is 32.9. The number of anilines is 1. The molecule has 1 saturated heterocycles. The topological polar surface area (TPSA) is 82.0 Å². The molecule has 2 fully saturated rings. The standard InChI is InChI=1S/C35H45F2N3O5/c1-21(2)38-27-16-23(31(41)44-8)9-10-25(27)28-17-34(19-35(36,37)20-34)12-14-39(28)18-26-24-11-13-40(32(42)45-33(4,5)6)30(24)22(3)15-29(26)43-7/h9-11,13,15-16,21,28,38H,12,14,17-20H2,1-8H3. The van der Waals surface area contributed by atoms with Gasteiger partial charge in [0.2, 0.25) is 5.92 Å². The summed E-state index contributed by atoms with van der Waals surface area (Å²) in [5, 5.41) is 4.36. The first-order valence-electron chi connectivity index (χ1n) is 15.6. The highest BCUT2D eigenvalue weighted by atomic mass is 19.3. The molecule has 5 rings (SSSR count). The van der Waals surface area contributed by atoms with Crippen LogP contribution >= 0.6 is 0 Å². The van der Waals surface area contributed by atoms with Crippen LogP contribution in [0.15, 0.2) is 36.5 Å². The van der Waals surface area contributed by atoms with Gasteiger partial charge in [-0.15, -0.1) is 0 Å². The number of alkyl halides is 2. The molecular formula is C35H45F2N3O5. The first kappa shape index (κ1) is 32.7. The highest BCUT2D eigenvalue weighted by Gasteiger charge is 2.58. The number of carbonyl (C=O) groups is 2. The molecule has 1 saturated carbocycles. The minimum Gasteiger partial charge on any atom is -0.496 e. The lowest BCUT2D eigenvalue weighted by molar-refractivity contribution is -0.186. The van der Waals surface area contributed by atoms with Crippen LogP contribution in [-0.2, 0) is 16.0 Å². The van der Waals surface area contributed by atoms with E-state index in [2.05, 4.69) is 10.2 Å². The number of methoxy groups -OCH3 is 2. The average molecular weight is 626 g/mol. The van der Waals surface area contributed by atoms with E-state index in [1.165, 1.54) is 11.7 Å². The summed E-state index contributed by atoms with van der Waals surface area (Å²) in [5.41, 5.74) is 3.56. The Hall–Kier alpha value is -3.66. The second kappa shape index (κ2) is 11.9. The van der Waals surface area contributed by atoms with Crippen molar-refractivity contribution < 1.29 is 32.6 Å². The maximum atomic E-state index is 14.3. The third-order valence-corrected chi connectivity index (χ3v) is 8.94. The number of nitrogens with zero attached hydrogens (tertiary/aromatic N) is 2. The Labute approximate surface area is 264 Å². The van der Waals surface area contributed by atoms with Gasteiger partial charge in [-0.2, -0.15) is 0 Å². The van der Waals surface area contributed by atoms with Crippen LogP contribution in [0.5, 0.6) is 5.75 Å². The first-order valence-corrected chi connectivity index (χ1v) is 15.6. The van der Waals surface area contributed by atoms with Gasteiger partial charge in [0.25, 0.3) is 0 Å². The lowest BCUT2D eigenvalue weighted by Crippen LogP contribution is -2.53. The van der Waals surface area contributed by atoms with Crippen molar-refractivity contribution in [2.45, 2.75) is 97.4 Å². The van der Waals surface area contributed by atoms with Crippen LogP contribution in [0.3, 0.4) is 0 Å². The van der Waals surface area contributed by atoms with E-state index in [1.54, 1.807) is 25.4 Å². The number of halogens is 2. The number of aromatic nitrogens is 1. The van der Waals surface area contributed by atoms with Gasteiger partial charge in [-0.25, -0.2) is 18.4 Å². The lowest BCUT2D eigenvalue weighted by Gasteiger charge is -2.55. The van der Waals surface area contributed by atoms with Crippen molar-refractivity contribution in [2.24, 2.45) is 5.41 Å². The zero-order valence-electron chi connectivity index (χ0n) is 27.6. The molecule has 1 aliphatic carbocycles. The number of esters is 1. The first-order chi connectivity index (χ1) is 21.0. The van der Waals surface area contributed by atoms with Crippen molar-refractivity contribution in [1.29, 1.82) is 0 Å². The van der Waals surface area contributed by atoms with E-state index in [0.29, 0.717) is 37.2 Å². The van der Waals surface area contributed by atoms with Crippen LogP contribution in [0.4, 0.5) is 19.3 Å². The molecule has 8 nitrogen and oxygen atoms in total. The number of carbonyl (C=O) groups excluding carboxylic acids is 2. The van der Waals surface area contributed by atoms with Gasteiger partial charge in [0.1, 0.15) is 11.4 Å². The molecule has 0 bridgehead atoms. The van der Waals surface area contributed by atoms with Gasteiger partial charge in [-0.1, -0.05) is 6.07 Å². The van der Waals surface area contributed by atoms with Gasteiger partial charge in [0, 0.05) is 54.3 Å². The summed E-state index contributed by atoms with van der Waals surface area (Å²) in [7, 11) is 2.98. The fourth-order valence-corrected chi connectivity index (χ4v) is 7.14. The molecule has 1 unspecified atom stereocenters. The minimum absolute atomic E-state index is 0.0696. The molecule has 0 amide bonds. The highest BCUT2D eigenvalue weighted by molar-refractivity contribution is 5.95. The Morgan fingerprint density at radius 1 is 1.11 bits per heavy atom. The monoisotopic (exact) mass is 625 g/mol. The number of nitrogens with one attached hydrogen (secondary N) is 1. The van der Waals surface area contributed by atoms with E-state index in [9.17, 15) is 18.4 Å². The third kappa shape index (κ3) is 6.66. The van der Waals surface area contributed by atoms with Gasteiger partial charge in [-0.3, -0.25) is 9.47 Å². The van der Waals surface area contributed by atoms with E-state index in [4.69, 9.17) is 14.2 Å². The minimum atomic E-state index is -2.64. The maximum absolute atomic E-state index is 14.3. The van der Waals surface area contributed by atoms with Crippen molar-refractivity contribution in [3.05, 3.63) is 58.8 Å². The van der Waals surface area contributed by atoms with E-state index < -0.39 is 29.0 Å². The number of aryl methyl sites for hydroxylation is 1. The molecule has 244 valence electrons. The number of ether oxygens (including phenoxy) is 3. The van der Waals surface area contributed by atoms with Gasteiger partial charge < -0.3 is 19.5 Å². The van der Waals surface area contributed by atoms with Crippen LogP contribution in [-0.4, -0.2) is 59.9 Å². The molecule has 1 spiro atoms. The lowest BCUT2D eigenvalue weighted by atomic mass is 9.58. The Morgan fingerprint density at radius 3 is 2.42 bits per heavy atom. The van der Waals surface area contributed by atoms with Crippen molar-refractivity contribution in [3.63, 3.8) is 0 Å². The third-order valence-electron chi connectivity index (χ3n) is 8.94. The Balaban J connectivity index is 1.59. The fraction of sp³-hybridized carbons (Fsp3) is 0.543. The quantitative estimate of drug-likeness (QED) is 0.266. The van der Waals surface area contributed by atoms with Gasteiger partial charge in [0.05, 0.1) is 25.3 Å². The fourth-order valence-electron chi connectivity index (χ4n) is 7.14. The number of rotatable bonds is 7. The molecule has 0 radical (unpaired) electrons. The molecule has 2 heterocycles. The van der Waals surface area contributed by atoms with Crippen molar-refractivity contribution >= 4 is 28.7 Å². The predicted octanol–water partition coefficient (Wildman–Crippen LogP) is 8.10. The molecule has 2 aromatic carbocycles. The molecule has 1 atom stereocenters. The molecule has 10 heteroatoms. The molecule has 3 aromatic rings. The van der Waals surface area contributed by atoms with Crippen LogP contribution in [0.2, 0.25) is 0 Å². The second-order valence-corrected chi connectivity index (χ2v) is 14.0. The molecular weight excluding hydrogens is 580 g/mol. The molecule has 1 aromatic heterocycles. The normalized spacial score (nSPS) is 19.4. The summed E-state index contributed by atoms with van der Waals surface area (Å²) >= 11 is 0. The van der Waals surface area contributed by atoms with Crippen LogP contribution in [0, 0.1) is 12.3 Å². The van der Waals surface area contributed by atoms with E-state index in [0.717, 1.165) is 33.3 Å². The molecule has 1 aliphatic heterocycles. The zero-order valence-corrected chi connectivity index (χ0v) is 27.6. The van der Waals surface area contributed by atoms with Crippen molar-refractivity contribution in [2.75, 3.05) is 26.1 Å². The maximum Gasteiger partial charge on any atom is 0.419 e. The SMILES string of the molecule is COC(=O)c1ccc(C2CC3(CCN2Cc2c(OC)cc(C)c4c2ccn4C(=O)OC(C)(C)C)CC(F)(F)C3)c(NC(C)C)c1. The molecule has 2 aliphatic rings. The molecule has 45 heavy (non-hydrogen) atoms. The number of piperidine rings is 1. The van der Waals surface area contributed by atoms with E-state index in [-0.39, 0.29) is 24.9 Å².